The first-order chi connectivity index (χ1) is 13.1. The molecule has 2 aliphatic heterocycles. The number of β-amino-alcohol motifs (C(OH)–C–C–N with tert-alkyl or cyclic N) is 1. The highest BCUT2D eigenvalue weighted by molar-refractivity contribution is 6.31. The van der Waals surface area contributed by atoms with Gasteiger partial charge in [0.05, 0.1) is 11.8 Å². The van der Waals surface area contributed by atoms with Crippen molar-refractivity contribution in [3.05, 3.63) is 53.1 Å². The molecule has 2 aliphatic rings. The summed E-state index contributed by atoms with van der Waals surface area (Å²) in [6.45, 7) is 5.82. The molecule has 0 unspecified atom stereocenters. The zero-order valence-electron chi connectivity index (χ0n) is 15.8. The Labute approximate surface area is 166 Å². The van der Waals surface area contributed by atoms with Crippen LogP contribution in [-0.2, 0) is 6.42 Å². The summed E-state index contributed by atoms with van der Waals surface area (Å²) >= 11 is 6.29. The predicted octanol–water partition coefficient (Wildman–Crippen LogP) is 2.94. The summed E-state index contributed by atoms with van der Waals surface area (Å²) in [5, 5.41) is 11.4. The highest BCUT2D eigenvalue weighted by Gasteiger charge is 2.36. The van der Waals surface area contributed by atoms with Crippen molar-refractivity contribution in [3.63, 3.8) is 0 Å². The number of aliphatic hydroxyl groups excluding tert-OH is 1. The summed E-state index contributed by atoms with van der Waals surface area (Å²) in [5.41, 5.74) is 3.30. The molecule has 5 nitrogen and oxygen atoms in total. The van der Waals surface area contributed by atoms with E-state index in [0.717, 1.165) is 61.7 Å². The topological polar surface area (TPSA) is 52.5 Å². The Bertz CT molecular complexity index is 764. The maximum Gasteiger partial charge on any atom is 0.0711 e. The summed E-state index contributed by atoms with van der Waals surface area (Å²) in [6.07, 6.45) is 7.98. The van der Waals surface area contributed by atoms with Crippen molar-refractivity contribution in [1.29, 1.82) is 0 Å². The molecule has 0 amide bonds. The van der Waals surface area contributed by atoms with Gasteiger partial charge in [-0.1, -0.05) is 17.7 Å². The summed E-state index contributed by atoms with van der Waals surface area (Å²) in [7, 11) is 0. The number of nitrogens with zero attached hydrogens (tertiary/aromatic N) is 4. The van der Waals surface area contributed by atoms with Gasteiger partial charge in [0.2, 0.25) is 0 Å². The molecule has 1 aromatic heterocycles. The zero-order chi connectivity index (χ0) is 18.8. The van der Waals surface area contributed by atoms with Crippen LogP contribution < -0.4 is 4.90 Å². The second kappa shape index (κ2) is 8.13. The SMILES string of the molecule is Cc1ccc(N2CCC(N3C[C@@H](Cc4cnccn4)[C@H](O)C3)CC2)cc1Cl. The number of piperidine rings is 1. The first-order valence-corrected chi connectivity index (χ1v) is 10.2. The molecule has 0 aliphatic carbocycles. The minimum absolute atomic E-state index is 0.246. The molecular formula is C21H27ClN4O. The number of rotatable bonds is 4. The second-order valence-electron chi connectivity index (χ2n) is 7.83. The van der Waals surface area contributed by atoms with Gasteiger partial charge in [-0.15, -0.1) is 0 Å². The molecule has 0 radical (unpaired) electrons. The Hall–Kier alpha value is -1.69. The highest BCUT2D eigenvalue weighted by atomic mass is 35.5. The summed E-state index contributed by atoms with van der Waals surface area (Å²) in [4.78, 5) is 13.4. The van der Waals surface area contributed by atoms with E-state index in [1.54, 1.807) is 18.6 Å². The molecule has 2 saturated heterocycles. The van der Waals surface area contributed by atoms with E-state index >= 15 is 0 Å². The lowest BCUT2D eigenvalue weighted by Gasteiger charge is -2.38. The monoisotopic (exact) mass is 386 g/mol. The first kappa shape index (κ1) is 18.7. The number of hydrogen-bond donors (Lipinski definition) is 1. The number of aliphatic hydroxyl groups is 1. The Kier molecular flexibility index (Phi) is 5.62. The normalized spacial score (nSPS) is 24.5. The molecule has 2 atom stereocenters. The number of benzene rings is 1. The van der Waals surface area contributed by atoms with Crippen LogP contribution in [0.2, 0.25) is 5.02 Å². The van der Waals surface area contributed by atoms with Crippen LogP contribution in [0.25, 0.3) is 0 Å². The molecule has 144 valence electrons. The smallest absolute Gasteiger partial charge is 0.0711 e. The molecule has 3 heterocycles. The number of halogens is 1. The molecule has 4 rings (SSSR count). The molecule has 1 N–H and O–H groups in total. The minimum atomic E-state index is -0.277. The van der Waals surface area contributed by atoms with Gasteiger partial charge >= 0.3 is 0 Å². The van der Waals surface area contributed by atoms with Gasteiger partial charge < -0.3 is 10.0 Å². The van der Waals surface area contributed by atoms with E-state index < -0.39 is 0 Å². The first-order valence-electron chi connectivity index (χ1n) is 9.78. The van der Waals surface area contributed by atoms with Gasteiger partial charge in [0, 0.05) is 67.4 Å². The standard InChI is InChI=1S/C21H27ClN4O/c1-15-2-3-19(11-20(15)22)25-8-4-18(5-9-25)26-13-16(21(27)14-26)10-17-12-23-6-7-24-17/h2-3,6-7,11-12,16,18,21,27H,4-5,8-10,13-14H2,1H3/t16-,21-/m1/s1. The van der Waals surface area contributed by atoms with Gasteiger partial charge in [0.25, 0.3) is 0 Å². The van der Waals surface area contributed by atoms with Gasteiger partial charge in [0.1, 0.15) is 0 Å². The van der Waals surface area contributed by atoms with Gasteiger partial charge in [-0.05, 0) is 43.9 Å². The van der Waals surface area contributed by atoms with E-state index in [-0.39, 0.29) is 12.0 Å². The van der Waals surface area contributed by atoms with E-state index in [9.17, 15) is 5.11 Å². The van der Waals surface area contributed by atoms with Crippen molar-refractivity contribution in [1.82, 2.24) is 14.9 Å². The fraction of sp³-hybridized carbons (Fsp3) is 0.524. The average Bonchev–Trinajstić information content (AvgIpc) is 3.05. The lowest BCUT2D eigenvalue weighted by molar-refractivity contribution is 0.131. The van der Waals surface area contributed by atoms with Crippen LogP contribution >= 0.6 is 11.6 Å². The summed E-state index contributed by atoms with van der Waals surface area (Å²) in [5.74, 6) is 0.246. The van der Waals surface area contributed by atoms with Crippen molar-refractivity contribution in [2.24, 2.45) is 5.92 Å². The van der Waals surface area contributed by atoms with Crippen LogP contribution in [0.3, 0.4) is 0 Å². The van der Waals surface area contributed by atoms with Crippen molar-refractivity contribution >= 4 is 17.3 Å². The maximum atomic E-state index is 10.5. The fourth-order valence-electron chi connectivity index (χ4n) is 4.36. The molecule has 2 aromatic rings. The van der Waals surface area contributed by atoms with E-state index in [4.69, 9.17) is 11.6 Å². The quantitative estimate of drug-likeness (QED) is 0.875. The van der Waals surface area contributed by atoms with E-state index in [1.807, 2.05) is 6.92 Å². The Morgan fingerprint density at radius 1 is 1.19 bits per heavy atom. The van der Waals surface area contributed by atoms with Gasteiger partial charge in [-0.2, -0.15) is 0 Å². The predicted molar refractivity (Wildman–Crippen MR) is 108 cm³/mol. The molecule has 0 bridgehead atoms. The van der Waals surface area contributed by atoms with Crippen molar-refractivity contribution in [2.45, 2.75) is 38.3 Å². The molecular weight excluding hydrogens is 360 g/mol. The lowest BCUT2D eigenvalue weighted by Crippen LogP contribution is -2.44. The van der Waals surface area contributed by atoms with Crippen LogP contribution in [0.1, 0.15) is 24.1 Å². The summed E-state index contributed by atoms with van der Waals surface area (Å²) in [6, 6.07) is 6.88. The van der Waals surface area contributed by atoms with Gasteiger partial charge in [0.15, 0.2) is 0 Å². The van der Waals surface area contributed by atoms with Crippen LogP contribution in [0.4, 0.5) is 5.69 Å². The van der Waals surface area contributed by atoms with E-state index in [0.29, 0.717) is 6.04 Å². The maximum absolute atomic E-state index is 10.5. The summed E-state index contributed by atoms with van der Waals surface area (Å²) < 4.78 is 0. The minimum Gasteiger partial charge on any atom is -0.391 e. The number of likely N-dealkylation sites (tertiary alicyclic amines) is 1. The van der Waals surface area contributed by atoms with Crippen molar-refractivity contribution < 1.29 is 5.11 Å². The Morgan fingerprint density at radius 3 is 2.70 bits per heavy atom. The van der Waals surface area contributed by atoms with Crippen LogP contribution in [0, 0.1) is 12.8 Å². The number of aryl methyl sites for hydroxylation is 1. The lowest BCUT2D eigenvalue weighted by atomic mass is 10.00. The number of anilines is 1. The van der Waals surface area contributed by atoms with Crippen molar-refractivity contribution in [3.8, 4) is 0 Å². The largest absolute Gasteiger partial charge is 0.391 e. The molecule has 27 heavy (non-hydrogen) atoms. The molecule has 2 fully saturated rings. The third-order valence-electron chi connectivity index (χ3n) is 6.02. The average molecular weight is 387 g/mol. The Morgan fingerprint density at radius 2 is 2.00 bits per heavy atom. The van der Waals surface area contributed by atoms with Gasteiger partial charge in [-0.25, -0.2) is 0 Å². The second-order valence-corrected chi connectivity index (χ2v) is 8.24. The van der Waals surface area contributed by atoms with Gasteiger partial charge in [-0.3, -0.25) is 14.9 Å². The number of aromatic nitrogens is 2. The zero-order valence-corrected chi connectivity index (χ0v) is 16.5. The molecule has 0 saturated carbocycles. The van der Waals surface area contributed by atoms with E-state index in [1.165, 1.54) is 5.69 Å². The third-order valence-corrected chi connectivity index (χ3v) is 6.43. The third kappa shape index (κ3) is 4.26. The van der Waals surface area contributed by atoms with Crippen LogP contribution in [-0.4, -0.2) is 58.3 Å². The number of hydrogen-bond acceptors (Lipinski definition) is 5. The van der Waals surface area contributed by atoms with Crippen LogP contribution in [0.15, 0.2) is 36.8 Å². The molecule has 1 aromatic carbocycles. The fourth-order valence-corrected chi connectivity index (χ4v) is 4.53. The van der Waals surface area contributed by atoms with E-state index in [2.05, 4.69) is 38.0 Å². The molecule has 6 heteroatoms. The Balaban J connectivity index is 1.32. The van der Waals surface area contributed by atoms with Crippen molar-refractivity contribution in [2.75, 3.05) is 31.1 Å². The molecule has 0 spiro atoms. The van der Waals surface area contributed by atoms with Crippen LogP contribution in [0.5, 0.6) is 0 Å². The highest BCUT2D eigenvalue weighted by Crippen LogP contribution is 2.30.